The van der Waals surface area contributed by atoms with E-state index in [0.717, 1.165) is 6.07 Å². The van der Waals surface area contributed by atoms with Crippen LogP contribution in [0, 0.1) is 34.2 Å². The molecule has 2 rings (SSSR count). The topological polar surface area (TPSA) is 66.9 Å². The molecule has 2 aromatic rings. The van der Waals surface area contributed by atoms with E-state index in [1.807, 2.05) is 6.07 Å². The number of non-ortho nitro benzene ring substituents is 1. The number of hydrogen-bond acceptors (Lipinski definition) is 3. The average Bonchev–Trinajstić information content (AvgIpc) is 2.41. The fourth-order valence-corrected chi connectivity index (χ4v) is 1.83. The quantitative estimate of drug-likeness (QED) is 0.609. The van der Waals surface area contributed by atoms with Gasteiger partial charge in [-0.05, 0) is 18.6 Å². The first kappa shape index (κ1) is 12.7. The molecular weight excluding hydrogens is 247 g/mol. The fourth-order valence-electron chi connectivity index (χ4n) is 1.83. The van der Waals surface area contributed by atoms with E-state index in [0.29, 0.717) is 11.1 Å². The van der Waals surface area contributed by atoms with Gasteiger partial charge in [0, 0.05) is 23.3 Å². The second kappa shape index (κ2) is 4.86. The molecule has 0 amide bonds. The number of nitrogens with zero attached hydrogens (tertiary/aromatic N) is 2. The van der Waals surface area contributed by atoms with Crippen molar-refractivity contribution in [2.75, 3.05) is 0 Å². The van der Waals surface area contributed by atoms with Crippen molar-refractivity contribution < 1.29 is 9.31 Å². The molecule has 2 aromatic carbocycles. The first-order chi connectivity index (χ1) is 9.04. The second-order valence-electron chi connectivity index (χ2n) is 4.04. The van der Waals surface area contributed by atoms with E-state index in [9.17, 15) is 14.5 Å². The van der Waals surface area contributed by atoms with Crippen LogP contribution in [0.25, 0.3) is 11.1 Å². The van der Waals surface area contributed by atoms with Crippen molar-refractivity contribution in [3.05, 3.63) is 63.5 Å². The zero-order valence-electron chi connectivity index (χ0n) is 10.1. The smallest absolute Gasteiger partial charge is 0.258 e. The number of benzene rings is 2. The van der Waals surface area contributed by atoms with Gasteiger partial charge in [0.25, 0.3) is 5.69 Å². The summed E-state index contributed by atoms with van der Waals surface area (Å²) in [7, 11) is 0. The molecule has 0 radical (unpaired) electrons. The van der Waals surface area contributed by atoms with Gasteiger partial charge in [-0.25, -0.2) is 4.39 Å². The Balaban J connectivity index is 2.67. The summed E-state index contributed by atoms with van der Waals surface area (Å²) in [5, 5.41) is 19.7. The zero-order chi connectivity index (χ0) is 14.0. The number of nitriles is 1. The molecule has 0 heterocycles. The SMILES string of the molecule is Cc1cccc(-c2ccc([N+](=O)[O-])cc2C#N)c1F. The highest BCUT2D eigenvalue weighted by atomic mass is 19.1. The van der Waals surface area contributed by atoms with Gasteiger partial charge in [0.15, 0.2) is 0 Å². The lowest BCUT2D eigenvalue weighted by atomic mass is 9.98. The van der Waals surface area contributed by atoms with E-state index in [-0.39, 0.29) is 16.8 Å². The largest absolute Gasteiger partial charge is 0.270 e. The number of halogens is 1. The van der Waals surface area contributed by atoms with Crippen molar-refractivity contribution in [2.24, 2.45) is 0 Å². The normalized spacial score (nSPS) is 9.95. The zero-order valence-corrected chi connectivity index (χ0v) is 10.1. The van der Waals surface area contributed by atoms with Gasteiger partial charge in [0.2, 0.25) is 0 Å². The third kappa shape index (κ3) is 2.29. The van der Waals surface area contributed by atoms with E-state index < -0.39 is 10.7 Å². The van der Waals surface area contributed by atoms with Crippen molar-refractivity contribution in [2.45, 2.75) is 6.92 Å². The third-order valence-corrected chi connectivity index (χ3v) is 2.82. The van der Waals surface area contributed by atoms with E-state index in [2.05, 4.69) is 0 Å². The van der Waals surface area contributed by atoms with Crippen molar-refractivity contribution in [3.63, 3.8) is 0 Å². The van der Waals surface area contributed by atoms with Crippen LogP contribution in [0.5, 0.6) is 0 Å². The van der Waals surface area contributed by atoms with Gasteiger partial charge in [-0.1, -0.05) is 18.2 Å². The highest BCUT2D eigenvalue weighted by Gasteiger charge is 2.15. The number of nitro benzene ring substituents is 1. The van der Waals surface area contributed by atoms with Crippen LogP contribution in [0.3, 0.4) is 0 Å². The van der Waals surface area contributed by atoms with Crippen molar-refractivity contribution in [1.82, 2.24) is 0 Å². The summed E-state index contributed by atoms with van der Waals surface area (Å²) in [6.45, 7) is 1.62. The molecule has 0 bridgehead atoms. The van der Waals surface area contributed by atoms with E-state index in [4.69, 9.17) is 5.26 Å². The molecule has 4 nitrogen and oxygen atoms in total. The highest BCUT2D eigenvalue weighted by molar-refractivity contribution is 5.73. The van der Waals surface area contributed by atoms with Crippen LogP contribution in [0.2, 0.25) is 0 Å². The van der Waals surface area contributed by atoms with Gasteiger partial charge in [0.1, 0.15) is 11.9 Å². The Kier molecular flexibility index (Phi) is 3.25. The Bertz CT molecular complexity index is 705. The monoisotopic (exact) mass is 256 g/mol. The summed E-state index contributed by atoms with van der Waals surface area (Å²) in [6, 6.07) is 10.5. The number of hydrogen-bond donors (Lipinski definition) is 0. The lowest BCUT2D eigenvalue weighted by molar-refractivity contribution is -0.384. The molecule has 0 fully saturated rings. The van der Waals surface area contributed by atoms with Gasteiger partial charge in [-0.15, -0.1) is 0 Å². The van der Waals surface area contributed by atoms with Gasteiger partial charge in [0.05, 0.1) is 10.5 Å². The van der Waals surface area contributed by atoms with E-state index in [1.165, 1.54) is 12.1 Å². The molecular formula is C14H9FN2O2. The number of nitro groups is 1. The van der Waals surface area contributed by atoms with Crippen molar-refractivity contribution >= 4 is 5.69 Å². The summed E-state index contributed by atoms with van der Waals surface area (Å²) in [5.41, 5.74) is 0.979. The predicted octanol–water partition coefficient (Wildman–Crippen LogP) is 3.58. The molecule has 5 heteroatoms. The van der Waals surface area contributed by atoms with Crippen LogP contribution in [0.4, 0.5) is 10.1 Å². The van der Waals surface area contributed by atoms with Crippen LogP contribution in [-0.4, -0.2) is 4.92 Å². The molecule has 0 saturated carbocycles. The summed E-state index contributed by atoms with van der Waals surface area (Å²) in [5.74, 6) is -0.423. The number of rotatable bonds is 2. The lowest BCUT2D eigenvalue weighted by Crippen LogP contribution is -1.94. The first-order valence-electron chi connectivity index (χ1n) is 5.48. The minimum Gasteiger partial charge on any atom is -0.258 e. The van der Waals surface area contributed by atoms with E-state index >= 15 is 0 Å². The van der Waals surface area contributed by atoms with Gasteiger partial charge in [-0.3, -0.25) is 10.1 Å². The average molecular weight is 256 g/mol. The number of aryl methyl sites for hydroxylation is 1. The lowest BCUT2D eigenvalue weighted by Gasteiger charge is -2.07. The Labute approximate surface area is 108 Å². The molecule has 19 heavy (non-hydrogen) atoms. The van der Waals surface area contributed by atoms with Crippen LogP contribution in [0.15, 0.2) is 36.4 Å². The maximum Gasteiger partial charge on any atom is 0.270 e. The van der Waals surface area contributed by atoms with E-state index in [1.54, 1.807) is 25.1 Å². The van der Waals surface area contributed by atoms with Crippen LogP contribution in [-0.2, 0) is 0 Å². The molecule has 0 unspecified atom stereocenters. The minimum absolute atomic E-state index is 0.0821. The van der Waals surface area contributed by atoms with Crippen molar-refractivity contribution in [3.8, 4) is 17.2 Å². The minimum atomic E-state index is -0.586. The molecule has 0 spiro atoms. The standard InChI is InChI=1S/C14H9FN2O2/c1-9-3-2-4-13(14(9)15)12-6-5-11(17(18)19)7-10(12)8-16/h2-7H,1H3. The summed E-state index contributed by atoms with van der Waals surface area (Å²) in [4.78, 5) is 10.1. The molecule has 0 aliphatic carbocycles. The molecule has 0 N–H and O–H groups in total. The molecule has 94 valence electrons. The maximum absolute atomic E-state index is 14.0. The second-order valence-corrected chi connectivity index (χ2v) is 4.04. The Hall–Kier alpha value is -2.74. The third-order valence-electron chi connectivity index (χ3n) is 2.82. The fraction of sp³-hybridized carbons (Fsp3) is 0.0714. The highest BCUT2D eigenvalue weighted by Crippen LogP contribution is 2.30. The van der Waals surface area contributed by atoms with Crippen LogP contribution >= 0.6 is 0 Å². The maximum atomic E-state index is 14.0. The van der Waals surface area contributed by atoms with Crippen LogP contribution < -0.4 is 0 Å². The van der Waals surface area contributed by atoms with Gasteiger partial charge >= 0.3 is 0 Å². The van der Waals surface area contributed by atoms with Gasteiger partial charge in [-0.2, -0.15) is 5.26 Å². The molecule has 0 atom stereocenters. The summed E-state index contributed by atoms with van der Waals surface area (Å²) < 4.78 is 14.0. The van der Waals surface area contributed by atoms with Gasteiger partial charge < -0.3 is 0 Å². The molecule has 0 aliphatic rings. The Morgan fingerprint density at radius 2 is 2.00 bits per heavy atom. The Morgan fingerprint density at radius 3 is 2.63 bits per heavy atom. The molecule has 0 saturated heterocycles. The first-order valence-corrected chi connectivity index (χ1v) is 5.48. The van der Waals surface area contributed by atoms with Crippen molar-refractivity contribution in [1.29, 1.82) is 5.26 Å². The Morgan fingerprint density at radius 1 is 1.26 bits per heavy atom. The molecule has 0 aromatic heterocycles. The van der Waals surface area contributed by atoms with Crippen LogP contribution in [0.1, 0.15) is 11.1 Å². The molecule has 0 aliphatic heterocycles. The predicted molar refractivity (Wildman–Crippen MR) is 67.9 cm³/mol. The summed E-state index contributed by atoms with van der Waals surface area (Å²) in [6.07, 6.45) is 0. The summed E-state index contributed by atoms with van der Waals surface area (Å²) >= 11 is 0.